The van der Waals surface area contributed by atoms with E-state index in [2.05, 4.69) is 19.4 Å². The van der Waals surface area contributed by atoms with Gasteiger partial charge in [-0.3, -0.25) is 4.40 Å². The maximum atomic E-state index is 13.0. The molecule has 0 bridgehead atoms. The van der Waals surface area contributed by atoms with E-state index in [4.69, 9.17) is 0 Å². The van der Waals surface area contributed by atoms with E-state index in [0.717, 1.165) is 42.3 Å². The predicted octanol–water partition coefficient (Wildman–Crippen LogP) is 3.76. The first-order valence-electron chi connectivity index (χ1n) is 8.97. The summed E-state index contributed by atoms with van der Waals surface area (Å²) in [5.41, 5.74) is -1.16. The minimum atomic E-state index is -4.72. The van der Waals surface area contributed by atoms with Crippen LogP contribution in [0, 0.1) is 0 Å². The molecule has 12 heteroatoms. The zero-order valence-electron chi connectivity index (χ0n) is 15.3. The van der Waals surface area contributed by atoms with Gasteiger partial charge >= 0.3 is 6.18 Å². The number of aromatic nitrogens is 3. The van der Waals surface area contributed by atoms with Gasteiger partial charge in [0, 0.05) is 37.0 Å². The summed E-state index contributed by atoms with van der Waals surface area (Å²) < 4.78 is 71.8. The third-order valence-corrected chi connectivity index (χ3v) is 6.46. The monoisotopic (exact) mass is 447 g/mol. The summed E-state index contributed by atoms with van der Waals surface area (Å²) >= 11 is 1.30. The van der Waals surface area contributed by atoms with Crippen molar-refractivity contribution in [3.05, 3.63) is 42.2 Å². The second-order valence-corrected chi connectivity index (χ2v) is 8.78. The fourth-order valence-electron chi connectivity index (χ4n) is 2.79. The summed E-state index contributed by atoms with van der Waals surface area (Å²) in [6.45, 7) is 0.797. The van der Waals surface area contributed by atoms with Crippen molar-refractivity contribution < 1.29 is 21.6 Å². The molecule has 158 valence electrons. The molecular formula is C17H20F3N5O2S2. The summed E-state index contributed by atoms with van der Waals surface area (Å²) in [4.78, 5) is 4.21. The number of nitrogens with zero attached hydrogens (tertiary/aromatic N) is 3. The molecule has 3 aromatic rings. The summed E-state index contributed by atoms with van der Waals surface area (Å²) in [5, 5.41) is 3.21. The molecule has 2 heterocycles. The molecular weight excluding hydrogens is 427 g/mol. The Bertz CT molecular complexity index is 1050. The molecule has 0 spiro atoms. The number of imidazole rings is 1. The Morgan fingerprint density at radius 1 is 1.07 bits per heavy atom. The summed E-state index contributed by atoms with van der Waals surface area (Å²) in [6, 6.07) is 4.17. The molecule has 0 saturated carbocycles. The zero-order chi connectivity index (χ0) is 20.9. The maximum Gasteiger partial charge on any atom is 0.417 e. The van der Waals surface area contributed by atoms with Gasteiger partial charge in [-0.15, -0.1) is 0 Å². The van der Waals surface area contributed by atoms with Crippen molar-refractivity contribution >= 4 is 32.5 Å². The van der Waals surface area contributed by atoms with Gasteiger partial charge in [-0.2, -0.15) is 17.5 Å². The largest absolute Gasteiger partial charge is 0.417 e. The van der Waals surface area contributed by atoms with Crippen LogP contribution in [0.25, 0.3) is 4.96 Å². The quantitative estimate of drug-likeness (QED) is 0.462. The van der Waals surface area contributed by atoms with E-state index in [-0.39, 0.29) is 6.54 Å². The molecule has 7 nitrogen and oxygen atoms in total. The van der Waals surface area contributed by atoms with Gasteiger partial charge in [0.05, 0.1) is 10.5 Å². The number of sulfonamides is 1. The van der Waals surface area contributed by atoms with Crippen LogP contribution in [0.3, 0.4) is 0 Å². The van der Waals surface area contributed by atoms with E-state index in [1.54, 1.807) is 6.20 Å². The van der Waals surface area contributed by atoms with E-state index in [1.165, 1.54) is 23.7 Å². The lowest BCUT2D eigenvalue weighted by molar-refractivity contribution is -0.139. The Morgan fingerprint density at radius 2 is 1.79 bits per heavy atom. The first-order valence-corrected chi connectivity index (χ1v) is 11.2. The molecule has 29 heavy (non-hydrogen) atoms. The molecule has 0 unspecified atom stereocenters. The number of fused-ring (bicyclic) bond motifs is 1. The van der Waals surface area contributed by atoms with Crippen molar-refractivity contribution in [2.75, 3.05) is 18.4 Å². The number of unbranched alkanes of at least 4 members (excludes halogenated alkanes) is 3. The molecule has 0 amide bonds. The number of benzene rings is 1. The van der Waals surface area contributed by atoms with Gasteiger partial charge in [0.15, 0.2) is 0 Å². The number of nitrogens with one attached hydrogen (secondary N) is 2. The van der Waals surface area contributed by atoms with Crippen LogP contribution in [-0.4, -0.2) is 35.3 Å². The molecule has 1 aromatic carbocycles. The Labute approximate surface area is 170 Å². The van der Waals surface area contributed by atoms with Gasteiger partial charge in [-0.25, -0.2) is 18.1 Å². The van der Waals surface area contributed by atoms with Crippen LogP contribution in [-0.2, 0) is 16.2 Å². The van der Waals surface area contributed by atoms with Crippen LogP contribution >= 0.6 is 11.5 Å². The van der Waals surface area contributed by atoms with Crippen molar-refractivity contribution in [2.24, 2.45) is 0 Å². The molecule has 0 aliphatic heterocycles. The van der Waals surface area contributed by atoms with Gasteiger partial charge in [-0.05, 0) is 25.0 Å². The Hall–Kier alpha value is -2.18. The summed E-state index contributed by atoms with van der Waals surface area (Å²) in [7, 11) is -4.21. The van der Waals surface area contributed by atoms with Gasteiger partial charge in [0.1, 0.15) is 0 Å². The third-order valence-electron chi connectivity index (χ3n) is 4.21. The highest BCUT2D eigenvalue weighted by molar-refractivity contribution is 7.89. The standard InChI is InChI=1S/C17H20F3N5O2S2/c18-17(19,20)13-7-3-4-8-14(13)29(26,27)23-10-6-2-1-5-9-21-15-24-28-16-22-11-12-25(15)16/h3-4,7-8,11-12,23H,1-2,5-6,9-10H2,(H,21,24). The van der Waals surface area contributed by atoms with Crippen LogP contribution in [0.2, 0.25) is 0 Å². The number of anilines is 1. The predicted molar refractivity (Wildman–Crippen MR) is 104 cm³/mol. The van der Waals surface area contributed by atoms with Crippen molar-refractivity contribution in [3.8, 4) is 0 Å². The van der Waals surface area contributed by atoms with Gasteiger partial charge in [0.25, 0.3) is 0 Å². The number of halogens is 3. The van der Waals surface area contributed by atoms with Crippen molar-refractivity contribution in [2.45, 2.75) is 36.8 Å². The van der Waals surface area contributed by atoms with Gasteiger partial charge in [-0.1, -0.05) is 25.0 Å². The average Bonchev–Trinajstić information content (AvgIpc) is 3.28. The molecule has 0 radical (unpaired) electrons. The second kappa shape index (κ2) is 9.09. The van der Waals surface area contributed by atoms with E-state index in [0.29, 0.717) is 13.0 Å². The number of rotatable bonds is 10. The van der Waals surface area contributed by atoms with Crippen LogP contribution in [0.15, 0.2) is 41.6 Å². The lowest BCUT2D eigenvalue weighted by Crippen LogP contribution is -2.27. The van der Waals surface area contributed by atoms with E-state index < -0.39 is 26.7 Å². The fourth-order valence-corrected chi connectivity index (χ4v) is 4.75. The first kappa shape index (κ1) is 21.5. The van der Waals surface area contributed by atoms with Crippen molar-refractivity contribution in [1.29, 1.82) is 0 Å². The molecule has 2 N–H and O–H groups in total. The SMILES string of the molecule is O=S(=O)(NCCCCCCNc1nsc2nccn12)c1ccccc1C(F)(F)F. The van der Waals surface area contributed by atoms with Crippen molar-refractivity contribution in [1.82, 2.24) is 18.5 Å². The second-order valence-electron chi connectivity index (χ2n) is 6.32. The number of hydrogen-bond acceptors (Lipinski definition) is 6. The van der Waals surface area contributed by atoms with E-state index in [9.17, 15) is 21.6 Å². The molecule has 0 aliphatic carbocycles. The highest BCUT2D eigenvalue weighted by Crippen LogP contribution is 2.33. The molecule has 0 saturated heterocycles. The highest BCUT2D eigenvalue weighted by Gasteiger charge is 2.36. The summed E-state index contributed by atoms with van der Waals surface area (Å²) in [5.74, 6) is 0.735. The van der Waals surface area contributed by atoms with E-state index in [1.807, 2.05) is 10.6 Å². The van der Waals surface area contributed by atoms with Crippen molar-refractivity contribution in [3.63, 3.8) is 0 Å². The molecule has 0 aliphatic rings. The molecule has 0 fully saturated rings. The van der Waals surface area contributed by atoms with Gasteiger partial charge in [0.2, 0.25) is 20.9 Å². The number of alkyl halides is 3. The lowest BCUT2D eigenvalue weighted by atomic mass is 10.2. The maximum absolute atomic E-state index is 13.0. The third kappa shape index (κ3) is 5.46. The summed E-state index contributed by atoms with van der Waals surface area (Å²) in [6.07, 6.45) is 1.80. The van der Waals surface area contributed by atoms with Crippen LogP contribution in [0.4, 0.5) is 19.1 Å². The average molecular weight is 448 g/mol. The van der Waals surface area contributed by atoms with E-state index >= 15 is 0 Å². The van der Waals surface area contributed by atoms with Gasteiger partial charge < -0.3 is 5.32 Å². The van der Waals surface area contributed by atoms with Crippen LogP contribution in [0.1, 0.15) is 31.2 Å². The minimum Gasteiger partial charge on any atom is -0.355 e. The molecule has 3 rings (SSSR count). The smallest absolute Gasteiger partial charge is 0.355 e. The fraction of sp³-hybridized carbons (Fsp3) is 0.412. The normalized spacial score (nSPS) is 12.5. The molecule has 0 atom stereocenters. The zero-order valence-corrected chi connectivity index (χ0v) is 16.9. The number of hydrogen-bond donors (Lipinski definition) is 2. The minimum absolute atomic E-state index is 0.0870. The topological polar surface area (TPSA) is 88.4 Å². The Balaban J connectivity index is 1.38. The highest BCUT2D eigenvalue weighted by atomic mass is 32.2. The molecule has 2 aromatic heterocycles. The van der Waals surface area contributed by atoms with Crippen LogP contribution < -0.4 is 10.0 Å². The Morgan fingerprint density at radius 3 is 2.55 bits per heavy atom. The van der Waals surface area contributed by atoms with Crippen LogP contribution in [0.5, 0.6) is 0 Å². The first-order chi connectivity index (χ1) is 13.8. The lowest BCUT2D eigenvalue weighted by Gasteiger charge is -2.13. The Kier molecular flexibility index (Phi) is 6.75.